The summed E-state index contributed by atoms with van der Waals surface area (Å²) in [6.45, 7) is 2.27. The van der Waals surface area contributed by atoms with Crippen LogP contribution in [0.4, 0.5) is 5.69 Å². The van der Waals surface area contributed by atoms with Crippen LogP contribution in [0.1, 0.15) is 18.4 Å². The Morgan fingerprint density at radius 2 is 1.83 bits per heavy atom. The van der Waals surface area contributed by atoms with Gasteiger partial charge in [-0.15, -0.1) is 0 Å². The molecule has 7 nitrogen and oxygen atoms in total. The van der Waals surface area contributed by atoms with Gasteiger partial charge in [-0.1, -0.05) is 17.7 Å². The van der Waals surface area contributed by atoms with Crippen LogP contribution in [-0.2, 0) is 14.8 Å². The molecule has 0 spiro atoms. The first-order chi connectivity index (χ1) is 14.3. The lowest BCUT2D eigenvalue weighted by Gasteiger charge is -2.31. The molecule has 0 saturated carbocycles. The first kappa shape index (κ1) is 22.4. The molecule has 2 aromatic rings. The van der Waals surface area contributed by atoms with Crippen molar-refractivity contribution in [3.8, 4) is 11.5 Å². The number of hydrogen-bond acceptors (Lipinski definition) is 5. The standard InChI is InChI=1S/C21H25ClN2O5S/c1-14-6-8-19(29-3)20(11-14)30(26,27)24-10-4-5-15(13-24)21(25)23-17-12-16(22)7-9-18(17)28-2/h6-9,11-12,15H,4-5,10,13H2,1-3H3,(H,23,25)/t15-/m1/s1. The summed E-state index contributed by atoms with van der Waals surface area (Å²) in [5.41, 5.74) is 1.27. The number of amides is 1. The molecule has 3 rings (SSSR count). The number of ether oxygens (including phenoxy) is 2. The minimum Gasteiger partial charge on any atom is -0.495 e. The van der Waals surface area contributed by atoms with Crippen molar-refractivity contribution in [1.29, 1.82) is 0 Å². The molecule has 9 heteroatoms. The van der Waals surface area contributed by atoms with Gasteiger partial charge in [-0.2, -0.15) is 4.31 Å². The maximum atomic E-state index is 13.3. The largest absolute Gasteiger partial charge is 0.495 e. The number of hydrogen-bond donors (Lipinski definition) is 1. The van der Waals surface area contributed by atoms with E-state index < -0.39 is 15.9 Å². The zero-order valence-corrected chi connectivity index (χ0v) is 18.7. The van der Waals surface area contributed by atoms with Crippen LogP contribution in [0, 0.1) is 12.8 Å². The molecule has 0 aliphatic carbocycles. The predicted molar refractivity (Wildman–Crippen MR) is 116 cm³/mol. The number of benzene rings is 2. The lowest BCUT2D eigenvalue weighted by Crippen LogP contribution is -2.43. The molecule has 0 unspecified atom stereocenters. The molecule has 1 fully saturated rings. The zero-order chi connectivity index (χ0) is 21.9. The van der Waals surface area contributed by atoms with Gasteiger partial charge < -0.3 is 14.8 Å². The van der Waals surface area contributed by atoms with E-state index in [0.29, 0.717) is 35.8 Å². The van der Waals surface area contributed by atoms with E-state index in [-0.39, 0.29) is 23.1 Å². The smallest absolute Gasteiger partial charge is 0.246 e. The monoisotopic (exact) mass is 452 g/mol. The van der Waals surface area contributed by atoms with Crippen LogP contribution in [0.25, 0.3) is 0 Å². The molecule has 2 aromatic carbocycles. The second-order valence-electron chi connectivity index (χ2n) is 7.19. The van der Waals surface area contributed by atoms with Crippen LogP contribution in [0.2, 0.25) is 5.02 Å². The highest BCUT2D eigenvalue weighted by Crippen LogP contribution is 2.32. The van der Waals surface area contributed by atoms with E-state index >= 15 is 0 Å². The van der Waals surface area contributed by atoms with Gasteiger partial charge in [0.15, 0.2) is 0 Å². The Morgan fingerprint density at radius 1 is 1.13 bits per heavy atom. The lowest BCUT2D eigenvalue weighted by atomic mass is 9.98. The highest BCUT2D eigenvalue weighted by atomic mass is 35.5. The van der Waals surface area contributed by atoms with Crippen molar-refractivity contribution in [3.63, 3.8) is 0 Å². The molecule has 162 valence electrons. The second-order valence-corrected chi connectivity index (χ2v) is 9.53. The number of aryl methyl sites for hydroxylation is 1. The Bertz CT molecular complexity index is 1040. The van der Waals surface area contributed by atoms with Crippen LogP contribution in [0.15, 0.2) is 41.3 Å². The number of piperidine rings is 1. The van der Waals surface area contributed by atoms with E-state index in [1.54, 1.807) is 36.4 Å². The Hall–Kier alpha value is -2.29. The van der Waals surface area contributed by atoms with Crippen LogP contribution in [0.3, 0.4) is 0 Å². The maximum Gasteiger partial charge on any atom is 0.246 e. The maximum absolute atomic E-state index is 13.3. The molecule has 1 N–H and O–H groups in total. The molecule has 1 heterocycles. The van der Waals surface area contributed by atoms with Crippen molar-refractivity contribution in [2.45, 2.75) is 24.7 Å². The summed E-state index contributed by atoms with van der Waals surface area (Å²) < 4.78 is 38.4. The van der Waals surface area contributed by atoms with Crippen molar-refractivity contribution in [3.05, 3.63) is 47.0 Å². The number of methoxy groups -OCH3 is 2. The highest BCUT2D eigenvalue weighted by molar-refractivity contribution is 7.89. The number of carbonyl (C=O) groups is 1. The number of anilines is 1. The van der Waals surface area contributed by atoms with Crippen LogP contribution < -0.4 is 14.8 Å². The molecule has 1 amide bonds. The third-order valence-electron chi connectivity index (χ3n) is 5.11. The van der Waals surface area contributed by atoms with Gasteiger partial charge in [0, 0.05) is 18.1 Å². The van der Waals surface area contributed by atoms with Crippen LogP contribution >= 0.6 is 11.6 Å². The van der Waals surface area contributed by atoms with Gasteiger partial charge in [0.1, 0.15) is 16.4 Å². The number of carbonyl (C=O) groups excluding carboxylic acids is 1. The van der Waals surface area contributed by atoms with E-state index in [2.05, 4.69) is 5.32 Å². The van der Waals surface area contributed by atoms with Gasteiger partial charge >= 0.3 is 0 Å². The molecule has 0 aromatic heterocycles. The van der Waals surface area contributed by atoms with Gasteiger partial charge in [0.25, 0.3) is 0 Å². The van der Waals surface area contributed by atoms with Crippen molar-refractivity contribution >= 4 is 33.2 Å². The number of rotatable bonds is 6. The van der Waals surface area contributed by atoms with E-state index in [1.165, 1.54) is 18.5 Å². The minimum absolute atomic E-state index is 0.0914. The van der Waals surface area contributed by atoms with E-state index in [4.69, 9.17) is 21.1 Å². The molecular formula is C21H25ClN2O5S. The third kappa shape index (κ3) is 4.71. The van der Waals surface area contributed by atoms with Crippen molar-refractivity contribution in [1.82, 2.24) is 4.31 Å². The minimum atomic E-state index is -3.80. The normalized spacial score (nSPS) is 17.4. The van der Waals surface area contributed by atoms with E-state index in [0.717, 1.165) is 5.56 Å². The fourth-order valence-electron chi connectivity index (χ4n) is 3.51. The van der Waals surface area contributed by atoms with Crippen LogP contribution in [-0.4, -0.2) is 45.9 Å². The predicted octanol–water partition coefficient (Wildman–Crippen LogP) is 3.71. The first-order valence-corrected chi connectivity index (χ1v) is 11.4. The molecule has 1 saturated heterocycles. The highest BCUT2D eigenvalue weighted by Gasteiger charge is 2.35. The molecule has 1 aliphatic heterocycles. The molecule has 0 bridgehead atoms. The summed E-state index contributed by atoms with van der Waals surface area (Å²) in [6, 6.07) is 9.96. The summed E-state index contributed by atoms with van der Waals surface area (Å²) in [6.07, 6.45) is 1.17. The summed E-state index contributed by atoms with van der Waals surface area (Å²) in [7, 11) is -0.862. The topological polar surface area (TPSA) is 84.9 Å². The fraction of sp³-hybridized carbons (Fsp3) is 0.381. The third-order valence-corrected chi connectivity index (χ3v) is 7.23. The van der Waals surface area contributed by atoms with Crippen molar-refractivity contribution in [2.75, 3.05) is 32.6 Å². The summed E-state index contributed by atoms with van der Waals surface area (Å²) in [4.78, 5) is 13.0. The van der Waals surface area contributed by atoms with Gasteiger partial charge in [0.2, 0.25) is 15.9 Å². The number of nitrogens with one attached hydrogen (secondary N) is 1. The van der Waals surface area contributed by atoms with Gasteiger partial charge in [-0.3, -0.25) is 4.79 Å². The van der Waals surface area contributed by atoms with Crippen molar-refractivity contribution in [2.24, 2.45) is 5.92 Å². The Labute approximate surface area is 182 Å². The van der Waals surface area contributed by atoms with Crippen molar-refractivity contribution < 1.29 is 22.7 Å². The molecule has 1 atom stereocenters. The number of halogens is 1. The Morgan fingerprint density at radius 3 is 2.53 bits per heavy atom. The average Bonchev–Trinajstić information content (AvgIpc) is 2.74. The van der Waals surface area contributed by atoms with E-state index in [1.807, 2.05) is 6.92 Å². The Kier molecular flexibility index (Phi) is 6.90. The van der Waals surface area contributed by atoms with Gasteiger partial charge in [-0.05, 0) is 55.7 Å². The summed E-state index contributed by atoms with van der Waals surface area (Å²) in [5, 5.41) is 3.28. The Balaban J connectivity index is 1.81. The lowest BCUT2D eigenvalue weighted by molar-refractivity contribution is -0.120. The SMILES string of the molecule is COc1ccc(Cl)cc1NC(=O)[C@@H]1CCCN(S(=O)(=O)c2cc(C)ccc2OC)C1. The van der Waals surface area contributed by atoms with E-state index in [9.17, 15) is 13.2 Å². The number of sulfonamides is 1. The van der Waals surface area contributed by atoms with Gasteiger partial charge in [0.05, 0.1) is 25.8 Å². The fourth-order valence-corrected chi connectivity index (χ4v) is 5.45. The quantitative estimate of drug-likeness (QED) is 0.722. The molecular weight excluding hydrogens is 428 g/mol. The zero-order valence-electron chi connectivity index (χ0n) is 17.1. The van der Waals surface area contributed by atoms with Crippen LogP contribution in [0.5, 0.6) is 11.5 Å². The second kappa shape index (κ2) is 9.24. The summed E-state index contributed by atoms with van der Waals surface area (Å²) >= 11 is 6.03. The number of nitrogens with zero attached hydrogens (tertiary/aromatic N) is 1. The average molecular weight is 453 g/mol. The van der Waals surface area contributed by atoms with Gasteiger partial charge in [-0.25, -0.2) is 8.42 Å². The molecule has 0 radical (unpaired) electrons. The first-order valence-electron chi connectivity index (χ1n) is 9.55. The molecule has 30 heavy (non-hydrogen) atoms. The summed E-state index contributed by atoms with van der Waals surface area (Å²) in [5.74, 6) is 0.00747. The molecule has 1 aliphatic rings.